The minimum absolute atomic E-state index is 0.309. The van der Waals surface area contributed by atoms with Crippen molar-refractivity contribution in [3.8, 4) is 10.6 Å². The number of rotatable bonds is 3. The molecular formula is C15H9Cl2FN2S. The van der Waals surface area contributed by atoms with Gasteiger partial charge in [0.2, 0.25) is 0 Å². The van der Waals surface area contributed by atoms with Crippen LogP contribution in [0.15, 0.2) is 48.5 Å². The fourth-order valence-electron chi connectivity index (χ4n) is 1.87. The Morgan fingerprint density at radius 1 is 1.05 bits per heavy atom. The highest BCUT2D eigenvalue weighted by molar-refractivity contribution is 7.15. The van der Waals surface area contributed by atoms with Crippen LogP contribution in [0.3, 0.4) is 0 Å². The molecular weight excluding hydrogens is 330 g/mol. The summed E-state index contributed by atoms with van der Waals surface area (Å²) in [5, 5.41) is 9.46. The van der Waals surface area contributed by atoms with E-state index >= 15 is 0 Å². The van der Waals surface area contributed by atoms with E-state index in [0.717, 1.165) is 5.56 Å². The maximum Gasteiger partial charge on any atom is 0.149 e. The van der Waals surface area contributed by atoms with Crippen LogP contribution < -0.4 is 0 Å². The molecule has 0 saturated carbocycles. The molecule has 0 fully saturated rings. The van der Waals surface area contributed by atoms with E-state index < -0.39 is 0 Å². The van der Waals surface area contributed by atoms with Crippen LogP contribution in [-0.4, -0.2) is 10.2 Å². The van der Waals surface area contributed by atoms with Gasteiger partial charge >= 0.3 is 0 Å². The molecule has 1 aromatic heterocycles. The number of halogens is 3. The number of hydrogen-bond donors (Lipinski definition) is 0. The SMILES string of the molecule is Fc1ccc(-c2nnc(C(Cl)c3ccccc3)s2)c(Cl)c1. The van der Waals surface area contributed by atoms with E-state index in [9.17, 15) is 4.39 Å². The molecule has 0 radical (unpaired) electrons. The highest BCUT2D eigenvalue weighted by Gasteiger charge is 2.18. The van der Waals surface area contributed by atoms with Crippen LogP contribution in [-0.2, 0) is 0 Å². The number of nitrogens with zero attached hydrogens (tertiary/aromatic N) is 2. The van der Waals surface area contributed by atoms with Crippen molar-refractivity contribution in [3.63, 3.8) is 0 Å². The second-order valence-corrected chi connectivity index (χ2v) is 6.20. The first-order chi connectivity index (χ1) is 10.1. The van der Waals surface area contributed by atoms with E-state index in [0.29, 0.717) is 20.6 Å². The molecule has 21 heavy (non-hydrogen) atoms. The smallest absolute Gasteiger partial charge is 0.149 e. The lowest BCUT2D eigenvalue weighted by atomic mass is 10.1. The maximum absolute atomic E-state index is 13.1. The van der Waals surface area contributed by atoms with Gasteiger partial charge in [0.25, 0.3) is 0 Å². The summed E-state index contributed by atoms with van der Waals surface area (Å²) < 4.78 is 13.1. The molecule has 3 aromatic rings. The average Bonchev–Trinajstić information content (AvgIpc) is 2.97. The van der Waals surface area contributed by atoms with Crippen molar-refractivity contribution in [1.29, 1.82) is 0 Å². The number of alkyl halides is 1. The molecule has 0 amide bonds. The molecule has 0 aliphatic carbocycles. The third-order valence-corrected chi connectivity index (χ3v) is 4.83. The second kappa shape index (κ2) is 6.10. The number of benzene rings is 2. The molecule has 0 bridgehead atoms. The topological polar surface area (TPSA) is 25.8 Å². The summed E-state index contributed by atoms with van der Waals surface area (Å²) in [6, 6.07) is 13.8. The monoisotopic (exact) mass is 338 g/mol. The summed E-state index contributed by atoms with van der Waals surface area (Å²) in [6.45, 7) is 0. The van der Waals surface area contributed by atoms with Crippen molar-refractivity contribution in [1.82, 2.24) is 10.2 Å². The molecule has 1 unspecified atom stereocenters. The number of aromatic nitrogens is 2. The molecule has 1 atom stereocenters. The Morgan fingerprint density at radius 2 is 1.81 bits per heavy atom. The third-order valence-electron chi connectivity index (χ3n) is 2.91. The van der Waals surface area contributed by atoms with E-state index in [4.69, 9.17) is 23.2 Å². The predicted molar refractivity (Wildman–Crippen MR) is 84.5 cm³/mol. The van der Waals surface area contributed by atoms with Crippen LogP contribution in [0, 0.1) is 5.82 Å². The lowest BCUT2D eigenvalue weighted by molar-refractivity contribution is 0.628. The van der Waals surface area contributed by atoms with Gasteiger partial charge in [-0.3, -0.25) is 0 Å². The minimum atomic E-state index is -0.381. The first-order valence-electron chi connectivity index (χ1n) is 6.13. The van der Waals surface area contributed by atoms with Crippen LogP contribution in [0.25, 0.3) is 10.6 Å². The van der Waals surface area contributed by atoms with Gasteiger partial charge in [-0.05, 0) is 23.8 Å². The first kappa shape index (κ1) is 14.4. The fourth-order valence-corrected chi connectivity index (χ4v) is 3.40. The van der Waals surface area contributed by atoms with Gasteiger partial charge in [-0.25, -0.2) is 4.39 Å². The van der Waals surface area contributed by atoms with Crippen LogP contribution in [0.5, 0.6) is 0 Å². The normalized spacial score (nSPS) is 12.3. The standard InChI is InChI=1S/C15H9Cl2FN2S/c16-12-8-10(18)6-7-11(12)14-19-20-15(21-14)13(17)9-4-2-1-3-5-9/h1-8,13H. The summed E-state index contributed by atoms with van der Waals surface area (Å²) >= 11 is 13.8. The Labute approximate surface area is 135 Å². The Kier molecular flexibility index (Phi) is 4.19. The van der Waals surface area contributed by atoms with Crippen molar-refractivity contribution in [2.24, 2.45) is 0 Å². The van der Waals surface area contributed by atoms with Gasteiger partial charge in [-0.1, -0.05) is 53.3 Å². The highest BCUT2D eigenvalue weighted by Crippen LogP contribution is 2.36. The van der Waals surface area contributed by atoms with Crippen LogP contribution >= 0.6 is 34.5 Å². The quantitative estimate of drug-likeness (QED) is 0.603. The largest absolute Gasteiger partial charge is 0.207 e. The minimum Gasteiger partial charge on any atom is -0.207 e. The summed E-state index contributed by atoms with van der Waals surface area (Å²) in [5.41, 5.74) is 1.60. The highest BCUT2D eigenvalue weighted by atomic mass is 35.5. The third kappa shape index (κ3) is 3.07. The fraction of sp³-hybridized carbons (Fsp3) is 0.0667. The lowest BCUT2D eigenvalue weighted by Gasteiger charge is -2.04. The molecule has 2 aromatic carbocycles. The van der Waals surface area contributed by atoms with Crippen molar-refractivity contribution in [2.45, 2.75) is 5.38 Å². The molecule has 0 N–H and O–H groups in total. The van der Waals surface area contributed by atoms with Gasteiger partial charge < -0.3 is 0 Å². The van der Waals surface area contributed by atoms with Crippen molar-refractivity contribution in [3.05, 3.63) is 69.9 Å². The Morgan fingerprint density at radius 3 is 2.52 bits per heavy atom. The lowest BCUT2D eigenvalue weighted by Crippen LogP contribution is -1.91. The van der Waals surface area contributed by atoms with Crippen molar-refractivity contribution in [2.75, 3.05) is 0 Å². The van der Waals surface area contributed by atoms with E-state index in [1.807, 2.05) is 30.3 Å². The molecule has 1 heterocycles. The summed E-state index contributed by atoms with van der Waals surface area (Å²) in [7, 11) is 0. The van der Waals surface area contributed by atoms with E-state index in [-0.39, 0.29) is 11.2 Å². The molecule has 0 saturated heterocycles. The van der Waals surface area contributed by atoms with Gasteiger partial charge in [-0.15, -0.1) is 21.8 Å². The Hall–Kier alpha value is -1.49. The van der Waals surface area contributed by atoms with Crippen molar-refractivity contribution < 1.29 is 4.39 Å². The summed E-state index contributed by atoms with van der Waals surface area (Å²) in [4.78, 5) is 0. The van der Waals surface area contributed by atoms with Gasteiger partial charge in [0.15, 0.2) is 0 Å². The summed E-state index contributed by atoms with van der Waals surface area (Å²) in [5.74, 6) is -0.381. The molecule has 2 nitrogen and oxygen atoms in total. The summed E-state index contributed by atoms with van der Waals surface area (Å²) in [6.07, 6.45) is 0. The zero-order valence-corrected chi connectivity index (χ0v) is 13.0. The Bertz CT molecular complexity index is 761. The maximum atomic E-state index is 13.1. The van der Waals surface area contributed by atoms with Crippen molar-refractivity contribution >= 4 is 34.5 Å². The Balaban J connectivity index is 1.93. The van der Waals surface area contributed by atoms with E-state index in [1.54, 1.807) is 6.07 Å². The van der Waals surface area contributed by atoms with Crippen LogP contribution in [0.4, 0.5) is 4.39 Å². The number of hydrogen-bond acceptors (Lipinski definition) is 3. The van der Waals surface area contributed by atoms with Gasteiger partial charge in [0.05, 0.1) is 5.02 Å². The first-order valence-corrected chi connectivity index (χ1v) is 7.76. The second-order valence-electron chi connectivity index (χ2n) is 4.34. The van der Waals surface area contributed by atoms with Gasteiger partial charge in [-0.2, -0.15) is 0 Å². The molecule has 106 valence electrons. The van der Waals surface area contributed by atoms with Crippen LogP contribution in [0.1, 0.15) is 15.9 Å². The van der Waals surface area contributed by atoms with E-state index in [2.05, 4.69) is 10.2 Å². The molecule has 0 spiro atoms. The zero-order chi connectivity index (χ0) is 14.8. The average molecular weight is 339 g/mol. The molecule has 0 aliphatic rings. The zero-order valence-electron chi connectivity index (χ0n) is 10.6. The molecule has 6 heteroatoms. The predicted octanol–water partition coefficient (Wildman–Crippen LogP) is 5.33. The molecule has 3 rings (SSSR count). The van der Waals surface area contributed by atoms with Crippen LogP contribution in [0.2, 0.25) is 5.02 Å². The van der Waals surface area contributed by atoms with E-state index in [1.165, 1.54) is 23.5 Å². The molecule has 0 aliphatic heterocycles. The van der Waals surface area contributed by atoms with Gasteiger partial charge in [0.1, 0.15) is 21.2 Å². The van der Waals surface area contributed by atoms with Gasteiger partial charge in [0, 0.05) is 5.56 Å².